The van der Waals surface area contributed by atoms with Crippen LogP contribution >= 0.6 is 15.9 Å². The number of ether oxygens (including phenoxy) is 1. The SMILES string of the molecule is CC1CCCCC1Oc1ccc(/C(N)=N/O)c(Br)c1F. The van der Waals surface area contributed by atoms with Crippen molar-refractivity contribution in [2.24, 2.45) is 16.8 Å². The maximum absolute atomic E-state index is 14.3. The summed E-state index contributed by atoms with van der Waals surface area (Å²) in [7, 11) is 0. The van der Waals surface area contributed by atoms with Gasteiger partial charge < -0.3 is 15.7 Å². The first-order valence-electron chi connectivity index (χ1n) is 6.67. The minimum Gasteiger partial charge on any atom is -0.487 e. The monoisotopic (exact) mass is 344 g/mol. The number of amidine groups is 1. The topological polar surface area (TPSA) is 67.8 Å². The van der Waals surface area contributed by atoms with Crippen LogP contribution in [-0.2, 0) is 0 Å². The van der Waals surface area contributed by atoms with Crippen LogP contribution in [0.3, 0.4) is 0 Å². The van der Waals surface area contributed by atoms with Crippen LogP contribution in [-0.4, -0.2) is 17.1 Å². The van der Waals surface area contributed by atoms with Crippen LogP contribution in [0.25, 0.3) is 0 Å². The lowest BCUT2D eigenvalue weighted by Crippen LogP contribution is -2.28. The van der Waals surface area contributed by atoms with Gasteiger partial charge in [0.25, 0.3) is 0 Å². The van der Waals surface area contributed by atoms with E-state index in [0.29, 0.717) is 11.5 Å². The quantitative estimate of drug-likeness (QED) is 0.380. The maximum Gasteiger partial charge on any atom is 0.179 e. The molecule has 0 saturated heterocycles. The van der Waals surface area contributed by atoms with Crippen LogP contribution in [0.5, 0.6) is 5.75 Å². The minimum atomic E-state index is -0.521. The van der Waals surface area contributed by atoms with Crippen molar-refractivity contribution in [1.82, 2.24) is 0 Å². The fraction of sp³-hybridized carbons (Fsp3) is 0.500. The highest BCUT2D eigenvalue weighted by molar-refractivity contribution is 9.10. The Morgan fingerprint density at radius 1 is 1.45 bits per heavy atom. The third-order valence-corrected chi connectivity index (χ3v) is 4.52. The third kappa shape index (κ3) is 3.06. The number of hydrogen-bond donors (Lipinski definition) is 2. The first-order valence-corrected chi connectivity index (χ1v) is 7.46. The molecule has 2 atom stereocenters. The van der Waals surface area contributed by atoms with Crippen molar-refractivity contribution in [1.29, 1.82) is 0 Å². The Morgan fingerprint density at radius 2 is 2.15 bits per heavy atom. The van der Waals surface area contributed by atoms with Gasteiger partial charge in [0.15, 0.2) is 17.4 Å². The summed E-state index contributed by atoms with van der Waals surface area (Å²) in [5, 5.41) is 11.5. The first kappa shape index (κ1) is 15.1. The molecular formula is C14H18BrFN2O2. The Kier molecular flexibility index (Phi) is 4.86. The van der Waals surface area contributed by atoms with Crippen molar-refractivity contribution in [3.05, 3.63) is 28.0 Å². The normalized spacial score (nSPS) is 23.6. The number of benzene rings is 1. The van der Waals surface area contributed by atoms with Gasteiger partial charge in [-0.2, -0.15) is 0 Å². The molecule has 0 aromatic heterocycles. The van der Waals surface area contributed by atoms with Gasteiger partial charge in [0.05, 0.1) is 4.47 Å². The zero-order valence-electron chi connectivity index (χ0n) is 11.3. The zero-order valence-corrected chi connectivity index (χ0v) is 12.9. The van der Waals surface area contributed by atoms with E-state index in [1.165, 1.54) is 12.5 Å². The largest absolute Gasteiger partial charge is 0.487 e. The number of nitrogens with two attached hydrogens (primary N) is 1. The molecule has 0 aliphatic heterocycles. The molecular weight excluding hydrogens is 327 g/mol. The molecule has 1 aliphatic carbocycles. The van der Waals surface area contributed by atoms with Crippen molar-refractivity contribution in [3.63, 3.8) is 0 Å². The predicted octanol–water partition coefficient (Wildman–Crippen LogP) is 3.64. The fourth-order valence-corrected chi connectivity index (χ4v) is 3.03. The molecule has 1 fully saturated rings. The molecule has 0 heterocycles. The number of oxime groups is 1. The molecule has 0 spiro atoms. The molecule has 1 aromatic rings. The van der Waals surface area contributed by atoms with Crippen LogP contribution in [0, 0.1) is 11.7 Å². The summed E-state index contributed by atoms with van der Waals surface area (Å²) in [6, 6.07) is 3.10. The van der Waals surface area contributed by atoms with Gasteiger partial charge in [0.2, 0.25) is 0 Å². The van der Waals surface area contributed by atoms with E-state index in [-0.39, 0.29) is 22.2 Å². The molecule has 2 rings (SSSR count). The molecule has 3 N–H and O–H groups in total. The van der Waals surface area contributed by atoms with E-state index in [0.717, 1.165) is 19.3 Å². The highest BCUT2D eigenvalue weighted by Gasteiger charge is 2.25. The number of rotatable bonds is 3. The van der Waals surface area contributed by atoms with Gasteiger partial charge in [-0.25, -0.2) is 4.39 Å². The average Bonchev–Trinajstić information content (AvgIpc) is 2.45. The van der Waals surface area contributed by atoms with Crippen molar-refractivity contribution < 1.29 is 14.3 Å². The molecule has 0 radical (unpaired) electrons. The summed E-state index contributed by atoms with van der Waals surface area (Å²) >= 11 is 3.13. The van der Waals surface area contributed by atoms with E-state index in [4.69, 9.17) is 15.7 Å². The summed E-state index contributed by atoms with van der Waals surface area (Å²) < 4.78 is 20.2. The number of hydrogen-bond acceptors (Lipinski definition) is 3. The molecule has 20 heavy (non-hydrogen) atoms. The molecule has 110 valence electrons. The third-order valence-electron chi connectivity index (χ3n) is 3.74. The Labute approximate surface area is 125 Å². The van der Waals surface area contributed by atoms with Gasteiger partial charge in [-0.15, -0.1) is 0 Å². The van der Waals surface area contributed by atoms with Crippen LogP contribution in [0.15, 0.2) is 21.8 Å². The summed E-state index contributed by atoms with van der Waals surface area (Å²) in [4.78, 5) is 0. The predicted molar refractivity (Wildman–Crippen MR) is 78.7 cm³/mol. The van der Waals surface area contributed by atoms with Crippen LogP contribution in [0.1, 0.15) is 38.2 Å². The molecule has 1 aliphatic rings. The van der Waals surface area contributed by atoms with Crippen molar-refractivity contribution in [2.75, 3.05) is 0 Å². The van der Waals surface area contributed by atoms with Crippen molar-refractivity contribution in [3.8, 4) is 5.75 Å². The molecule has 6 heteroatoms. The second kappa shape index (κ2) is 6.43. The number of nitrogens with zero attached hydrogens (tertiary/aromatic N) is 1. The average molecular weight is 345 g/mol. The van der Waals surface area contributed by atoms with Gasteiger partial charge in [0.1, 0.15) is 6.10 Å². The van der Waals surface area contributed by atoms with E-state index in [9.17, 15) is 4.39 Å². The Balaban J connectivity index is 2.23. The van der Waals surface area contributed by atoms with Crippen molar-refractivity contribution >= 4 is 21.8 Å². The van der Waals surface area contributed by atoms with Gasteiger partial charge >= 0.3 is 0 Å². The van der Waals surface area contributed by atoms with E-state index >= 15 is 0 Å². The Morgan fingerprint density at radius 3 is 2.80 bits per heavy atom. The first-order chi connectivity index (χ1) is 9.54. The molecule has 0 bridgehead atoms. The smallest absolute Gasteiger partial charge is 0.179 e. The lowest BCUT2D eigenvalue weighted by atomic mass is 9.88. The summed E-state index contributed by atoms with van der Waals surface area (Å²) in [6.07, 6.45) is 4.41. The Hall–Kier alpha value is -1.30. The second-order valence-electron chi connectivity index (χ2n) is 5.14. The zero-order chi connectivity index (χ0) is 14.7. The molecule has 2 unspecified atom stereocenters. The van der Waals surface area contributed by atoms with Crippen LogP contribution in [0.4, 0.5) is 4.39 Å². The lowest BCUT2D eigenvalue weighted by Gasteiger charge is -2.29. The lowest BCUT2D eigenvalue weighted by molar-refractivity contribution is 0.0978. The molecule has 0 amide bonds. The summed E-state index contributed by atoms with van der Waals surface area (Å²) in [6.45, 7) is 2.13. The molecule has 4 nitrogen and oxygen atoms in total. The Bertz CT molecular complexity index is 522. The van der Waals surface area contributed by atoms with Crippen LogP contribution in [0.2, 0.25) is 0 Å². The van der Waals surface area contributed by atoms with E-state index in [1.54, 1.807) is 6.07 Å². The van der Waals surface area contributed by atoms with E-state index in [2.05, 4.69) is 28.0 Å². The van der Waals surface area contributed by atoms with E-state index in [1.807, 2.05) is 0 Å². The highest BCUT2D eigenvalue weighted by atomic mass is 79.9. The van der Waals surface area contributed by atoms with Gasteiger partial charge in [-0.1, -0.05) is 18.5 Å². The minimum absolute atomic E-state index is 0.0415. The number of halogens is 2. The highest BCUT2D eigenvalue weighted by Crippen LogP contribution is 2.33. The maximum atomic E-state index is 14.3. The van der Waals surface area contributed by atoms with Gasteiger partial charge in [-0.05, 0) is 53.2 Å². The fourth-order valence-electron chi connectivity index (χ4n) is 2.49. The van der Waals surface area contributed by atoms with Gasteiger partial charge in [-0.3, -0.25) is 0 Å². The van der Waals surface area contributed by atoms with Crippen LogP contribution < -0.4 is 10.5 Å². The van der Waals surface area contributed by atoms with E-state index < -0.39 is 5.82 Å². The standard InChI is InChI=1S/C14H18BrFN2O2/c1-8-4-2-3-5-10(8)20-11-7-6-9(14(17)18-19)12(15)13(11)16/h6-8,10,19H,2-5H2,1H3,(H2,17,18). The van der Waals surface area contributed by atoms with Crippen molar-refractivity contribution in [2.45, 2.75) is 38.7 Å². The molecule has 1 aromatic carbocycles. The van der Waals surface area contributed by atoms with Gasteiger partial charge in [0, 0.05) is 5.56 Å². The summed E-state index contributed by atoms with van der Waals surface area (Å²) in [5.41, 5.74) is 5.78. The second-order valence-corrected chi connectivity index (χ2v) is 5.94. The summed E-state index contributed by atoms with van der Waals surface area (Å²) in [5.74, 6) is -0.0453. The molecule has 1 saturated carbocycles.